The molecule has 0 spiro atoms. The van der Waals surface area contributed by atoms with Crippen LogP contribution in [0.5, 0.6) is 0 Å². The molecule has 1 aliphatic rings. The number of benzene rings is 3. The van der Waals surface area contributed by atoms with Crippen LogP contribution in [0.2, 0.25) is 5.02 Å². The number of carbonyl (C=O) groups excluding carboxylic acids is 1. The van der Waals surface area contributed by atoms with Crippen LogP contribution in [0, 0.1) is 0 Å². The van der Waals surface area contributed by atoms with Crippen LogP contribution in [-0.2, 0) is 14.8 Å². The number of anilines is 2. The summed E-state index contributed by atoms with van der Waals surface area (Å²) in [6, 6.07) is 22.5. The van der Waals surface area contributed by atoms with Gasteiger partial charge in [-0.05, 0) is 48.0 Å². The zero-order valence-corrected chi connectivity index (χ0v) is 20.4. The van der Waals surface area contributed by atoms with Crippen LogP contribution in [0.4, 0.5) is 10.8 Å². The minimum atomic E-state index is -3.82. The first-order valence-corrected chi connectivity index (χ1v) is 13.1. The molecule has 10 heteroatoms. The van der Waals surface area contributed by atoms with Gasteiger partial charge in [-0.15, -0.1) is 11.3 Å². The Morgan fingerprint density at radius 3 is 2.31 bits per heavy atom. The molecular weight excluding hydrogens is 504 g/mol. The first-order valence-electron chi connectivity index (χ1n) is 10.4. The van der Waals surface area contributed by atoms with Crippen molar-refractivity contribution in [2.75, 3.05) is 9.62 Å². The molecule has 0 fully saturated rings. The minimum Gasteiger partial charge on any atom is -0.266 e. The lowest BCUT2D eigenvalue weighted by Gasteiger charge is -2.19. The van der Waals surface area contributed by atoms with Gasteiger partial charge in [0.15, 0.2) is 5.13 Å². The molecule has 1 N–H and O–H groups in total. The summed E-state index contributed by atoms with van der Waals surface area (Å²) in [7, 11) is -3.82. The zero-order chi connectivity index (χ0) is 24.4. The maximum atomic E-state index is 13.4. The van der Waals surface area contributed by atoms with Gasteiger partial charge in [-0.25, -0.2) is 18.4 Å². The number of hydrogen-bond acceptors (Lipinski definition) is 6. The van der Waals surface area contributed by atoms with E-state index < -0.39 is 10.0 Å². The third-order valence-corrected chi connectivity index (χ3v) is 7.55. The third kappa shape index (κ3) is 4.88. The smallest absolute Gasteiger partial charge is 0.266 e. The molecule has 174 valence electrons. The van der Waals surface area contributed by atoms with Gasteiger partial charge in [-0.1, -0.05) is 54.1 Å². The van der Waals surface area contributed by atoms with Crippen molar-refractivity contribution in [2.45, 2.75) is 4.90 Å². The van der Waals surface area contributed by atoms with Crippen LogP contribution in [0.25, 0.3) is 6.08 Å². The van der Waals surface area contributed by atoms with Crippen molar-refractivity contribution in [3.8, 4) is 0 Å². The molecule has 0 bridgehead atoms. The minimum absolute atomic E-state index is 0.0539. The number of nitrogens with zero attached hydrogens (tertiary/aromatic N) is 3. The lowest BCUT2D eigenvalue weighted by molar-refractivity contribution is -0.113. The molecule has 0 atom stereocenters. The quantitative estimate of drug-likeness (QED) is 0.343. The number of aromatic nitrogens is 1. The van der Waals surface area contributed by atoms with Crippen LogP contribution >= 0.6 is 22.9 Å². The van der Waals surface area contributed by atoms with Crippen molar-refractivity contribution in [1.82, 2.24) is 4.98 Å². The summed E-state index contributed by atoms with van der Waals surface area (Å²) < 4.78 is 27.8. The molecule has 35 heavy (non-hydrogen) atoms. The van der Waals surface area contributed by atoms with Gasteiger partial charge in [0.2, 0.25) is 0 Å². The van der Waals surface area contributed by atoms with Gasteiger partial charge in [0.25, 0.3) is 15.9 Å². The van der Waals surface area contributed by atoms with Crippen molar-refractivity contribution in [2.24, 2.45) is 4.99 Å². The maximum absolute atomic E-state index is 13.4. The Morgan fingerprint density at radius 2 is 1.66 bits per heavy atom. The Morgan fingerprint density at radius 1 is 0.943 bits per heavy atom. The van der Waals surface area contributed by atoms with E-state index in [9.17, 15) is 13.2 Å². The molecule has 1 aromatic heterocycles. The van der Waals surface area contributed by atoms with E-state index in [4.69, 9.17) is 11.6 Å². The second-order valence-electron chi connectivity index (χ2n) is 7.46. The number of rotatable bonds is 6. The number of amides is 1. The van der Waals surface area contributed by atoms with E-state index in [1.165, 1.54) is 34.6 Å². The van der Waals surface area contributed by atoms with Crippen LogP contribution in [0.3, 0.4) is 0 Å². The standard InChI is InChI=1S/C25H17ClN4O3S2/c26-19-8-6-17(7-9-19)16-22-24(31)30(23(28-22)18-4-2-1-3-5-18)20-10-12-21(13-11-20)35(32,33)29-25-27-14-15-34-25/h1-16H,(H,27,29)/b22-16-. The van der Waals surface area contributed by atoms with E-state index in [2.05, 4.69) is 14.7 Å². The number of amidine groups is 1. The molecule has 2 heterocycles. The van der Waals surface area contributed by atoms with E-state index in [1.807, 2.05) is 30.3 Å². The molecule has 1 amide bonds. The highest BCUT2D eigenvalue weighted by Crippen LogP contribution is 2.29. The van der Waals surface area contributed by atoms with E-state index in [1.54, 1.807) is 47.9 Å². The fourth-order valence-corrected chi connectivity index (χ4v) is 5.39. The van der Waals surface area contributed by atoms with E-state index in [0.29, 0.717) is 16.5 Å². The maximum Gasteiger partial charge on any atom is 0.282 e. The van der Waals surface area contributed by atoms with Gasteiger partial charge in [0.1, 0.15) is 11.5 Å². The molecule has 0 radical (unpaired) electrons. The van der Waals surface area contributed by atoms with Crippen molar-refractivity contribution < 1.29 is 13.2 Å². The molecule has 0 saturated heterocycles. The molecule has 4 aromatic rings. The summed E-state index contributed by atoms with van der Waals surface area (Å²) in [5, 5.41) is 2.55. The van der Waals surface area contributed by atoms with Crippen molar-refractivity contribution in [1.29, 1.82) is 0 Å². The fraction of sp³-hybridized carbons (Fsp3) is 0. The number of sulfonamides is 1. The van der Waals surface area contributed by atoms with Crippen LogP contribution in [0.15, 0.2) is 106 Å². The first kappa shape index (κ1) is 23.0. The number of aliphatic imine (C=N–C) groups is 1. The highest BCUT2D eigenvalue weighted by Gasteiger charge is 2.32. The fourth-order valence-electron chi connectivity index (χ4n) is 3.48. The third-order valence-electron chi connectivity index (χ3n) is 5.12. The van der Waals surface area contributed by atoms with Gasteiger partial charge < -0.3 is 0 Å². The number of hydrogen-bond donors (Lipinski definition) is 1. The lowest BCUT2D eigenvalue weighted by Crippen LogP contribution is -2.32. The average Bonchev–Trinajstić information content (AvgIpc) is 3.48. The Bertz CT molecular complexity index is 1530. The number of carbonyl (C=O) groups is 1. The normalized spacial score (nSPS) is 14.9. The molecule has 7 nitrogen and oxygen atoms in total. The molecule has 0 unspecified atom stereocenters. The number of halogens is 1. The molecule has 0 saturated carbocycles. The van der Waals surface area contributed by atoms with Crippen LogP contribution in [-0.4, -0.2) is 25.1 Å². The van der Waals surface area contributed by atoms with E-state index >= 15 is 0 Å². The van der Waals surface area contributed by atoms with Gasteiger partial charge in [-0.3, -0.25) is 14.4 Å². The van der Waals surface area contributed by atoms with Crippen molar-refractivity contribution >= 4 is 61.6 Å². The molecule has 5 rings (SSSR count). The van der Waals surface area contributed by atoms with Gasteiger partial charge >= 0.3 is 0 Å². The SMILES string of the molecule is O=C1/C(=C/c2ccc(Cl)cc2)N=C(c2ccccc2)N1c1ccc(S(=O)(=O)Nc2nccs2)cc1. The van der Waals surface area contributed by atoms with Crippen LogP contribution in [0.1, 0.15) is 11.1 Å². The highest BCUT2D eigenvalue weighted by atomic mass is 35.5. The van der Waals surface area contributed by atoms with Crippen LogP contribution < -0.4 is 9.62 Å². The molecule has 3 aromatic carbocycles. The molecule has 0 aliphatic carbocycles. The number of nitrogens with one attached hydrogen (secondary N) is 1. The van der Waals surface area contributed by atoms with Gasteiger partial charge in [-0.2, -0.15) is 0 Å². The molecule has 1 aliphatic heterocycles. The van der Waals surface area contributed by atoms with Gasteiger partial charge in [0, 0.05) is 22.2 Å². The van der Waals surface area contributed by atoms with Crippen molar-refractivity contribution in [3.63, 3.8) is 0 Å². The predicted octanol–water partition coefficient (Wildman–Crippen LogP) is 5.43. The topological polar surface area (TPSA) is 91.7 Å². The summed E-state index contributed by atoms with van der Waals surface area (Å²) in [6.45, 7) is 0. The monoisotopic (exact) mass is 520 g/mol. The van der Waals surface area contributed by atoms with Crippen molar-refractivity contribution in [3.05, 3.63) is 112 Å². The zero-order valence-electron chi connectivity index (χ0n) is 18.0. The second-order valence-corrected chi connectivity index (χ2v) is 10.5. The Kier molecular flexibility index (Phi) is 6.21. The summed E-state index contributed by atoms with van der Waals surface area (Å²) in [4.78, 5) is 23.5. The summed E-state index contributed by atoms with van der Waals surface area (Å²) in [5.41, 5.74) is 2.28. The summed E-state index contributed by atoms with van der Waals surface area (Å²) >= 11 is 7.16. The highest BCUT2D eigenvalue weighted by molar-refractivity contribution is 7.93. The average molecular weight is 521 g/mol. The van der Waals surface area contributed by atoms with E-state index in [-0.39, 0.29) is 21.6 Å². The Hall–Kier alpha value is -3.79. The Balaban J connectivity index is 1.50. The predicted molar refractivity (Wildman–Crippen MR) is 139 cm³/mol. The number of thiazole rings is 1. The van der Waals surface area contributed by atoms with Gasteiger partial charge in [0.05, 0.1) is 10.6 Å². The van der Waals surface area contributed by atoms with E-state index in [0.717, 1.165) is 11.1 Å². The lowest BCUT2D eigenvalue weighted by atomic mass is 10.1. The summed E-state index contributed by atoms with van der Waals surface area (Å²) in [6.07, 6.45) is 3.21. The second kappa shape index (κ2) is 9.46. The molecular formula is C25H17ClN4O3S2. The summed E-state index contributed by atoms with van der Waals surface area (Å²) in [5.74, 6) is 0.127. The largest absolute Gasteiger partial charge is 0.282 e. The Labute approximate surface area is 211 Å². The first-order chi connectivity index (χ1) is 16.9.